The Morgan fingerprint density at radius 1 is 1.03 bits per heavy atom. The van der Waals surface area contributed by atoms with Crippen molar-refractivity contribution < 1.29 is 22.4 Å². The lowest BCUT2D eigenvalue weighted by Crippen LogP contribution is -2.47. The number of sulfonamides is 1. The van der Waals surface area contributed by atoms with Gasteiger partial charge in [0.15, 0.2) is 0 Å². The Morgan fingerprint density at radius 3 is 2.21 bits per heavy atom. The van der Waals surface area contributed by atoms with Crippen LogP contribution in [0, 0.1) is 5.82 Å². The maximum atomic E-state index is 13.3. The molecular weight excluding hydrogens is 457 g/mol. The second-order valence-corrected chi connectivity index (χ2v) is 10.4. The number of amides is 2. The molecule has 0 saturated carbocycles. The third-order valence-corrected chi connectivity index (χ3v) is 7.95. The molecule has 2 aromatic carbocycles. The summed E-state index contributed by atoms with van der Waals surface area (Å²) >= 11 is 0. The second kappa shape index (κ2) is 11.6. The van der Waals surface area contributed by atoms with Crippen LogP contribution < -0.4 is 5.32 Å². The van der Waals surface area contributed by atoms with Crippen LogP contribution in [0.15, 0.2) is 53.4 Å². The summed E-state index contributed by atoms with van der Waals surface area (Å²) in [7, 11) is -3.48. The van der Waals surface area contributed by atoms with Gasteiger partial charge < -0.3 is 10.2 Å². The van der Waals surface area contributed by atoms with Crippen LogP contribution in [0.3, 0.4) is 0 Å². The molecule has 0 aromatic heterocycles. The number of carbonyl (C=O) groups excluding carboxylic acids is 2. The number of halogens is 1. The average Bonchev–Trinajstić information content (AvgIpc) is 3.38. The van der Waals surface area contributed by atoms with Crippen molar-refractivity contribution in [1.29, 1.82) is 0 Å². The Bertz CT molecular complexity index is 1080. The van der Waals surface area contributed by atoms with E-state index in [-0.39, 0.29) is 35.5 Å². The Hall–Kier alpha value is -2.78. The lowest BCUT2D eigenvalue weighted by molar-refractivity contribution is -0.140. The van der Waals surface area contributed by atoms with E-state index in [0.29, 0.717) is 26.1 Å². The van der Waals surface area contributed by atoms with Gasteiger partial charge in [-0.1, -0.05) is 24.3 Å². The summed E-state index contributed by atoms with van der Waals surface area (Å²) in [5.41, 5.74) is 1.56. The summed E-state index contributed by atoms with van der Waals surface area (Å²) in [5, 5.41) is 2.74. The van der Waals surface area contributed by atoms with Crippen molar-refractivity contribution in [3.8, 4) is 0 Å². The minimum absolute atomic E-state index is 0.156. The third-order valence-electron chi connectivity index (χ3n) is 6.04. The minimum Gasteiger partial charge on any atom is -0.355 e. The zero-order valence-electron chi connectivity index (χ0n) is 19.7. The van der Waals surface area contributed by atoms with Crippen molar-refractivity contribution in [1.82, 2.24) is 14.5 Å². The van der Waals surface area contributed by atoms with Crippen molar-refractivity contribution in [2.24, 2.45) is 0 Å². The fraction of sp³-hybridized carbons (Fsp3) is 0.440. The fourth-order valence-electron chi connectivity index (χ4n) is 3.99. The van der Waals surface area contributed by atoms with Crippen molar-refractivity contribution in [3.05, 3.63) is 65.5 Å². The minimum atomic E-state index is -3.48. The van der Waals surface area contributed by atoms with Crippen molar-refractivity contribution in [2.75, 3.05) is 19.6 Å². The molecule has 1 unspecified atom stereocenters. The van der Waals surface area contributed by atoms with E-state index in [0.717, 1.165) is 24.0 Å². The number of likely N-dealkylation sites (N-methyl/N-ethyl adjacent to an activating group) is 1. The summed E-state index contributed by atoms with van der Waals surface area (Å²) in [4.78, 5) is 27.3. The molecule has 3 rings (SSSR count). The molecule has 1 N–H and O–H groups in total. The van der Waals surface area contributed by atoms with Gasteiger partial charge in [0.2, 0.25) is 21.8 Å². The van der Waals surface area contributed by atoms with E-state index in [1.807, 2.05) is 6.92 Å². The third kappa shape index (κ3) is 6.42. The van der Waals surface area contributed by atoms with Crippen LogP contribution >= 0.6 is 0 Å². The van der Waals surface area contributed by atoms with Gasteiger partial charge in [0.25, 0.3) is 0 Å². The van der Waals surface area contributed by atoms with Crippen LogP contribution in [-0.4, -0.2) is 55.1 Å². The average molecular weight is 490 g/mol. The Kier molecular flexibility index (Phi) is 8.79. The van der Waals surface area contributed by atoms with Gasteiger partial charge in [0.1, 0.15) is 11.9 Å². The molecule has 2 amide bonds. The summed E-state index contributed by atoms with van der Waals surface area (Å²) in [6, 6.07) is 11.8. The number of rotatable bonds is 10. The smallest absolute Gasteiger partial charge is 0.243 e. The molecule has 0 radical (unpaired) electrons. The zero-order valence-corrected chi connectivity index (χ0v) is 20.5. The van der Waals surface area contributed by atoms with Gasteiger partial charge in [-0.3, -0.25) is 9.59 Å². The molecule has 1 aliphatic rings. The van der Waals surface area contributed by atoms with Gasteiger partial charge >= 0.3 is 0 Å². The van der Waals surface area contributed by atoms with E-state index >= 15 is 0 Å². The van der Waals surface area contributed by atoms with Crippen LogP contribution in [0.1, 0.15) is 44.2 Å². The topological polar surface area (TPSA) is 86.8 Å². The molecule has 0 spiro atoms. The quantitative estimate of drug-likeness (QED) is 0.556. The van der Waals surface area contributed by atoms with E-state index in [1.165, 1.54) is 21.3 Å². The van der Waals surface area contributed by atoms with Gasteiger partial charge in [-0.05, 0) is 68.5 Å². The zero-order chi connectivity index (χ0) is 24.7. The van der Waals surface area contributed by atoms with E-state index in [4.69, 9.17) is 0 Å². The van der Waals surface area contributed by atoms with Crippen LogP contribution in [0.25, 0.3) is 0 Å². The first-order valence-electron chi connectivity index (χ1n) is 11.6. The number of hydrogen-bond acceptors (Lipinski definition) is 4. The Morgan fingerprint density at radius 2 is 1.62 bits per heavy atom. The van der Waals surface area contributed by atoms with Gasteiger partial charge in [0.05, 0.1) is 4.90 Å². The molecule has 2 aromatic rings. The van der Waals surface area contributed by atoms with Crippen LogP contribution in [-0.2, 0) is 32.6 Å². The molecule has 0 bridgehead atoms. The molecule has 1 saturated heterocycles. The molecule has 1 atom stereocenters. The van der Waals surface area contributed by atoms with E-state index < -0.39 is 16.1 Å². The highest BCUT2D eigenvalue weighted by Gasteiger charge is 2.28. The van der Waals surface area contributed by atoms with Gasteiger partial charge in [-0.2, -0.15) is 4.31 Å². The normalized spacial score (nSPS) is 15.1. The summed E-state index contributed by atoms with van der Waals surface area (Å²) < 4.78 is 40.2. The molecule has 1 aliphatic heterocycles. The lowest BCUT2D eigenvalue weighted by Gasteiger charge is -2.29. The molecule has 7 nitrogen and oxygen atoms in total. The maximum absolute atomic E-state index is 13.3. The Labute approximate surface area is 201 Å². The summed E-state index contributed by atoms with van der Waals surface area (Å²) in [6.45, 7) is 5.21. The second-order valence-electron chi connectivity index (χ2n) is 8.47. The highest BCUT2D eigenvalue weighted by Crippen LogP contribution is 2.21. The largest absolute Gasteiger partial charge is 0.355 e. The standard InChI is InChI=1S/C25H32FN3O4S/c1-3-27-25(31)19(2)29(18-21-6-11-22(26)12-7-21)24(30)15-10-20-8-13-23(14-9-20)34(32,33)28-16-4-5-17-28/h6-9,11-14,19H,3-5,10,15-18H2,1-2H3,(H,27,31). The van der Waals surface area contributed by atoms with E-state index in [9.17, 15) is 22.4 Å². The highest BCUT2D eigenvalue weighted by atomic mass is 32.2. The van der Waals surface area contributed by atoms with Crippen molar-refractivity contribution >= 4 is 21.8 Å². The van der Waals surface area contributed by atoms with E-state index in [2.05, 4.69) is 5.32 Å². The number of carbonyl (C=O) groups is 2. The first-order chi connectivity index (χ1) is 16.2. The van der Waals surface area contributed by atoms with Gasteiger partial charge in [0, 0.05) is 32.6 Å². The SMILES string of the molecule is CCNC(=O)C(C)N(Cc1ccc(F)cc1)C(=O)CCc1ccc(S(=O)(=O)N2CCCC2)cc1. The monoisotopic (exact) mass is 489 g/mol. The van der Waals surface area contributed by atoms with E-state index in [1.54, 1.807) is 43.3 Å². The van der Waals surface area contributed by atoms with Crippen LogP contribution in [0.4, 0.5) is 4.39 Å². The number of nitrogens with zero attached hydrogens (tertiary/aromatic N) is 2. The number of nitrogens with one attached hydrogen (secondary N) is 1. The van der Waals surface area contributed by atoms with Gasteiger partial charge in [-0.25, -0.2) is 12.8 Å². The summed E-state index contributed by atoms with van der Waals surface area (Å²) in [6.07, 6.45) is 2.32. The van der Waals surface area contributed by atoms with Crippen molar-refractivity contribution in [2.45, 2.75) is 57.0 Å². The highest BCUT2D eigenvalue weighted by molar-refractivity contribution is 7.89. The molecule has 1 fully saturated rings. The molecule has 1 heterocycles. The van der Waals surface area contributed by atoms with Crippen LogP contribution in [0.5, 0.6) is 0 Å². The van der Waals surface area contributed by atoms with Gasteiger partial charge in [-0.15, -0.1) is 0 Å². The molecule has 184 valence electrons. The predicted octanol–water partition coefficient (Wildman–Crippen LogP) is 3.10. The maximum Gasteiger partial charge on any atom is 0.243 e. The summed E-state index contributed by atoms with van der Waals surface area (Å²) in [5.74, 6) is -0.833. The first-order valence-corrected chi connectivity index (χ1v) is 13.1. The fourth-order valence-corrected chi connectivity index (χ4v) is 5.51. The number of hydrogen-bond donors (Lipinski definition) is 1. The number of aryl methyl sites for hydroxylation is 1. The van der Waals surface area contributed by atoms with Crippen molar-refractivity contribution in [3.63, 3.8) is 0 Å². The Balaban J connectivity index is 1.68. The molecule has 9 heteroatoms. The predicted molar refractivity (Wildman–Crippen MR) is 128 cm³/mol. The first kappa shape index (κ1) is 25.8. The molecular formula is C25H32FN3O4S. The molecule has 0 aliphatic carbocycles. The number of benzene rings is 2. The lowest BCUT2D eigenvalue weighted by atomic mass is 10.1. The molecule has 34 heavy (non-hydrogen) atoms. The van der Waals surface area contributed by atoms with Crippen LogP contribution in [0.2, 0.25) is 0 Å².